The minimum Gasteiger partial charge on any atom is -0.508 e. The van der Waals surface area contributed by atoms with Crippen molar-refractivity contribution in [1.29, 1.82) is 0 Å². The molecule has 0 fully saturated rings. The van der Waals surface area contributed by atoms with Crippen molar-refractivity contribution in [1.82, 2.24) is 4.90 Å². The van der Waals surface area contributed by atoms with Gasteiger partial charge >= 0.3 is 0 Å². The molecule has 0 amide bonds. The van der Waals surface area contributed by atoms with E-state index in [4.69, 9.17) is 5.73 Å². The van der Waals surface area contributed by atoms with Crippen molar-refractivity contribution in [3.8, 4) is 5.75 Å². The Morgan fingerprint density at radius 2 is 2.06 bits per heavy atom. The van der Waals surface area contributed by atoms with Crippen LogP contribution in [-0.4, -0.2) is 35.8 Å². The Balaban J connectivity index is 2.88. The number of hydrogen-bond donors (Lipinski definition) is 3. The maximum Gasteiger partial charge on any atom is 0.120 e. The van der Waals surface area contributed by atoms with Crippen LogP contribution in [0.15, 0.2) is 18.2 Å². The summed E-state index contributed by atoms with van der Waals surface area (Å²) in [6.07, 6.45) is -0.0156. The van der Waals surface area contributed by atoms with Gasteiger partial charge in [0, 0.05) is 12.1 Å². The molecule has 0 spiro atoms. The third kappa shape index (κ3) is 3.48. The Hall–Kier alpha value is -1.10. The summed E-state index contributed by atoms with van der Waals surface area (Å²) in [6.45, 7) is 1.10. The Labute approximate surface area is 96.3 Å². The van der Waals surface area contributed by atoms with Crippen LogP contribution in [0.3, 0.4) is 0 Å². The number of nitrogens with zero attached hydrogens (tertiary/aromatic N) is 1. The third-order valence-electron chi connectivity index (χ3n) is 2.42. The monoisotopic (exact) mass is 224 g/mol. The summed E-state index contributed by atoms with van der Waals surface area (Å²) in [5.41, 5.74) is 7.02. The van der Waals surface area contributed by atoms with Gasteiger partial charge in [0.05, 0.1) is 6.10 Å². The van der Waals surface area contributed by atoms with E-state index in [1.165, 1.54) is 0 Å². The molecule has 0 unspecified atom stereocenters. The lowest BCUT2D eigenvalue weighted by atomic mass is 10.0. The van der Waals surface area contributed by atoms with E-state index in [2.05, 4.69) is 0 Å². The first-order valence-electron chi connectivity index (χ1n) is 5.39. The van der Waals surface area contributed by atoms with Crippen LogP contribution >= 0.6 is 0 Å². The molecule has 0 aromatic heterocycles. The molecule has 1 atom stereocenters. The molecule has 4 N–H and O–H groups in total. The van der Waals surface area contributed by atoms with E-state index >= 15 is 0 Å². The van der Waals surface area contributed by atoms with Gasteiger partial charge in [0.25, 0.3) is 0 Å². The number of nitrogens with two attached hydrogens (primary N) is 1. The normalized spacial score (nSPS) is 13.1. The second-order valence-electron chi connectivity index (χ2n) is 4.22. The van der Waals surface area contributed by atoms with Crippen molar-refractivity contribution in [3.63, 3.8) is 0 Å². The lowest BCUT2D eigenvalue weighted by Crippen LogP contribution is -2.12. The highest BCUT2D eigenvalue weighted by atomic mass is 16.3. The first-order chi connectivity index (χ1) is 7.54. The van der Waals surface area contributed by atoms with Crippen LogP contribution in [0.25, 0.3) is 0 Å². The zero-order valence-corrected chi connectivity index (χ0v) is 9.85. The van der Waals surface area contributed by atoms with Crippen LogP contribution in [-0.2, 0) is 6.54 Å². The molecule has 16 heavy (non-hydrogen) atoms. The Morgan fingerprint density at radius 3 is 2.62 bits per heavy atom. The van der Waals surface area contributed by atoms with E-state index in [9.17, 15) is 10.2 Å². The average molecular weight is 224 g/mol. The number of aliphatic hydroxyl groups excluding tert-OH is 1. The number of hydrogen-bond acceptors (Lipinski definition) is 4. The van der Waals surface area contributed by atoms with Gasteiger partial charge in [-0.3, -0.25) is 0 Å². The van der Waals surface area contributed by atoms with Gasteiger partial charge in [-0.1, -0.05) is 6.07 Å². The summed E-state index contributed by atoms with van der Waals surface area (Å²) in [6, 6.07) is 5.18. The summed E-state index contributed by atoms with van der Waals surface area (Å²) in [7, 11) is 3.87. The van der Waals surface area contributed by atoms with E-state index in [1.54, 1.807) is 12.1 Å². The van der Waals surface area contributed by atoms with E-state index < -0.39 is 6.10 Å². The predicted molar refractivity (Wildman–Crippen MR) is 64.1 cm³/mol. The summed E-state index contributed by atoms with van der Waals surface area (Å²) < 4.78 is 0. The second-order valence-corrected chi connectivity index (χ2v) is 4.22. The highest BCUT2D eigenvalue weighted by Crippen LogP contribution is 2.24. The van der Waals surface area contributed by atoms with Crippen molar-refractivity contribution in [3.05, 3.63) is 29.3 Å². The largest absolute Gasteiger partial charge is 0.508 e. The van der Waals surface area contributed by atoms with Gasteiger partial charge in [-0.2, -0.15) is 0 Å². The quantitative estimate of drug-likeness (QED) is 0.693. The molecule has 0 radical (unpaired) electrons. The number of phenolic OH excluding ortho intramolecular Hbond substituents is 1. The Kier molecular flexibility index (Phi) is 4.73. The van der Waals surface area contributed by atoms with Gasteiger partial charge in [0.2, 0.25) is 0 Å². The first-order valence-corrected chi connectivity index (χ1v) is 5.39. The topological polar surface area (TPSA) is 69.7 Å². The molecule has 1 aromatic carbocycles. The van der Waals surface area contributed by atoms with Crippen LogP contribution in [0.1, 0.15) is 23.7 Å². The summed E-state index contributed by atoms with van der Waals surface area (Å²) in [5.74, 6) is 0.261. The van der Waals surface area contributed by atoms with E-state index in [0.29, 0.717) is 19.5 Å². The molecule has 0 bridgehead atoms. The molecule has 1 rings (SSSR count). The van der Waals surface area contributed by atoms with Crippen LogP contribution in [0.2, 0.25) is 0 Å². The average Bonchev–Trinajstić information content (AvgIpc) is 2.21. The summed E-state index contributed by atoms with van der Waals surface area (Å²) in [5, 5.41) is 19.5. The van der Waals surface area contributed by atoms with E-state index in [-0.39, 0.29) is 5.75 Å². The van der Waals surface area contributed by atoms with Gasteiger partial charge in [-0.05, 0) is 44.8 Å². The van der Waals surface area contributed by atoms with Crippen molar-refractivity contribution in [2.45, 2.75) is 19.1 Å². The fraction of sp³-hybridized carbons (Fsp3) is 0.500. The number of rotatable bonds is 5. The molecule has 4 nitrogen and oxygen atoms in total. The molecular formula is C12H20N2O2. The number of phenols is 1. The predicted octanol–water partition coefficient (Wildman–Crippen LogP) is 0.836. The summed E-state index contributed by atoms with van der Waals surface area (Å²) in [4.78, 5) is 1.97. The fourth-order valence-corrected chi connectivity index (χ4v) is 1.60. The van der Waals surface area contributed by atoms with Gasteiger partial charge in [0.1, 0.15) is 5.75 Å². The van der Waals surface area contributed by atoms with Gasteiger partial charge in [-0.15, -0.1) is 0 Å². The van der Waals surface area contributed by atoms with Crippen molar-refractivity contribution >= 4 is 0 Å². The molecule has 0 aliphatic carbocycles. The maximum absolute atomic E-state index is 9.79. The first kappa shape index (κ1) is 13.0. The third-order valence-corrected chi connectivity index (χ3v) is 2.42. The number of aliphatic hydroxyl groups is 1. The minimum absolute atomic E-state index is 0.261. The fourth-order valence-electron chi connectivity index (χ4n) is 1.60. The number of aromatic hydroxyl groups is 1. The van der Waals surface area contributed by atoms with Gasteiger partial charge < -0.3 is 20.8 Å². The second kappa shape index (κ2) is 5.84. The SMILES string of the molecule is CN(C)Cc1cc([C@@H](O)CCN)ccc1O. The highest BCUT2D eigenvalue weighted by molar-refractivity contribution is 5.37. The van der Waals surface area contributed by atoms with Crippen molar-refractivity contribution in [2.24, 2.45) is 5.73 Å². The Morgan fingerprint density at radius 1 is 1.38 bits per heavy atom. The molecule has 90 valence electrons. The smallest absolute Gasteiger partial charge is 0.120 e. The van der Waals surface area contributed by atoms with Crippen molar-refractivity contribution < 1.29 is 10.2 Å². The molecule has 0 aliphatic heterocycles. The molecule has 4 heteroatoms. The van der Waals surface area contributed by atoms with Crippen molar-refractivity contribution in [2.75, 3.05) is 20.6 Å². The zero-order valence-electron chi connectivity index (χ0n) is 9.85. The molecule has 0 aliphatic rings. The van der Waals surface area contributed by atoms with Gasteiger partial charge in [-0.25, -0.2) is 0 Å². The molecule has 0 saturated carbocycles. The summed E-state index contributed by atoms with van der Waals surface area (Å²) >= 11 is 0. The minimum atomic E-state index is -0.550. The molecule has 0 heterocycles. The lowest BCUT2D eigenvalue weighted by molar-refractivity contribution is 0.170. The molecular weight excluding hydrogens is 204 g/mol. The van der Waals surface area contributed by atoms with Crippen LogP contribution in [0.4, 0.5) is 0 Å². The van der Waals surface area contributed by atoms with Crippen LogP contribution < -0.4 is 5.73 Å². The van der Waals surface area contributed by atoms with Crippen LogP contribution in [0, 0.1) is 0 Å². The maximum atomic E-state index is 9.79. The molecule has 1 aromatic rings. The highest BCUT2D eigenvalue weighted by Gasteiger charge is 2.10. The Bertz CT molecular complexity index is 340. The zero-order chi connectivity index (χ0) is 12.1. The van der Waals surface area contributed by atoms with Gasteiger partial charge in [0.15, 0.2) is 0 Å². The van der Waals surface area contributed by atoms with Crippen LogP contribution in [0.5, 0.6) is 5.75 Å². The van der Waals surface area contributed by atoms with E-state index in [0.717, 1.165) is 11.1 Å². The standard InChI is InChI=1S/C12H20N2O2/c1-14(2)8-10-7-9(3-4-11(10)15)12(16)5-6-13/h3-4,7,12,15-16H,5-6,8,13H2,1-2H3/t12-/m0/s1. The molecule has 0 saturated heterocycles. The van der Waals surface area contributed by atoms with E-state index in [1.807, 2.05) is 25.1 Å². The lowest BCUT2D eigenvalue weighted by Gasteiger charge is -2.15. The number of benzene rings is 1.